The van der Waals surface area contributed by atoms with Gasteiger partial charge in [0.2, 0.25) is 6.29 Å². The van der Waals surface area contributed by atoms with E-state index in [0.717, 1.165) is 18.8 Å². The number of hydrogen-bond donors (Lipinski definition) is 1. The number of esters is 1. The quantitative estimate of drug-likeness (QED) is 0.467. The second-order valence-electron chi connectivity index (χ2n) is 8.68. The maximum atomic E-state index is 11.7. The third-order valence-electron chi connectivity index (χ3n) is 6.82. The Morgan fingerprint density at radius 3 is 2.74 bits per heavy atom. The zero-order chi connectivity index (χ0) is 16.8. The Balaban J connectivity index is 1.83. The van der Waals surface area contributed by atoms with Crippen LogP contribution >= 0.6 is 0 Å². The van der Waals surface area contributed by atoms with Crippen LogP contribution in [0.5, 0.6) is 0 Å². The van der Waals surface area contributed by atoms with Crippen LogP contribution in [0.15, 0.2) is 23.8 Å². The summed E-state index contributed by atoms with van der Waals surface area (Å²) in [5.74, 6) is 0.794. The molecule has 3 rings (SSSR count). The van der Waals surface area contributed by atoms with E-state index in [0.29, 0.717) is 23.3 Å². The van der Waals surface area contributed by atoms with E-state index in [1.807, 2.05) is 6.08 Å². The molecule has 0 aromatic rings. The molecule has 3 heteroatoms. The molecule has 2 aliphatic carbocycles. The Labute approximate surface area is 139 Å². The van der Waals surface area contributed by atoms with Gasteiger partial charge in [-0.3, -0.25) is 0 Å². The van der Waals surface area contributed by atoms with Gasteiger partial charge in [-0.25, -0.2) is 4.79 Å². The van der Waals surface area contributed by atoms with Crippen molar-refractivity contribution in [2.24, 2.45) is 22.7 Å². The maximum Gasteiger partial charge on any atom is 0.336 e. The van der Waals surface area contributed by atoms with E-state index in [9.17, 15) is 9.90 Å². The third-order valence-corrected chi connectivity index (χ3v) is 6.82. The molecule has 3 fully saturated rings. The molecule has 4 atom stereocenters. The van der Waals surface area contributed by atoms with Crippen LogP contribution in [0.2, 0.25) is 0 Å². The lowest BCUT2D eigenvalue weighted by atomic mass is 9.47. The van der Waals surface area contributed by atoms with Crippen LogP contribution in [0.1, 0.15) is 65.7 Å². The lowest BCUT2D eigenvalue weighted by molar-refractivity contribution is -0.152. The van der Waals surface area contributed by atoms with Crippen LogP contribution in [-0.4, -0.2) is 17.4 Å². The first-order chi connectivity index (χ1) is 10.7. The third kappa shape index (κ3) is 2.88. The topological polar surface area (TPSA) is 46.5 Å². The van der Waals surface area contributed by atoms with Crippen molar-refractivity contribution in [2.45, 2.75) is 72.0 Å². The van der Waals surface area contributed by atoms with Gasteiger partial charge >= 0.3 is 5.97 Å². The highest BCUT2D eigenvalue weighted by atomic mass is 16.6. The van der Waals surface area contributed by atoms with Crippen LogP contribution in [0, 0.1) is 22.7 Å². The summed E-state index contributed by atoms with van der Waals surface area (Å²) in [7, 11) is 0. The predicted octanol–water partition coefficient (Wildman–Crippen LogP) is 4.37. The Bertz CT molecular complexity index is 545. The molecule has 3 aliphatic rings. The molecule has 1 N–H and O–H groups in total. The SMILES string of the molecule is C=C1CC[C@H]2C(C)(C)CCC[C@@]2(C)[C@@H]1C/C=C1\C[C@H](O)OC1=O. The molecule has 23 heavy (non-hydrogen) atoms. The molecule has 0 spiro atoms. The summed E-state index contributed by atoms with van der Waals surface area (Å²) in [5.41, 5.74) is 2.63. The molecule has 1 saturated heterocycles. The van der Waals surface area contributed by atoms with Crippen molar-refractivity contribution >= 4 is 5.97 Å². The first kappa shape index (κ1) is 16.8. The average Bonchev–Trinajstić information content (AvgIpc) is 2.75. The number of aliphatic hydroxyl groups excluding tert-OH is 1. The van der Waals surface area contributed by atoms with E-state index >= 15 is 0 Å². The molecule has 0 aromatic carbocycles. The molecule has 0 amide bonds. The number of hydrogen-bond acceptors (Lipinski definition) is 3. The number of rotatable bonds is 2. The molecule has 1 aliphatic heterocycles. The number of ether oxygens (including phenoxy) is 1. The molecule has 128 valence electrons. The fourth-order valence-electron chi connectivity index (χ4n) is 5.65. The number of aliphatic hydroxyl groups is 1. The highest BCUT2D eigenvalue weighted by molar-refractivity contribution is 5.90. The van der Waals surface area contributed by atoms with Gasteiger partial charge in [0.25, 0.3) is 0 Å². The van der Waals surface area contributed by atoms with Crippen LogP contribution in [0.4, 0.5) is 0 Å². The summed E-state index contributed by atoms with van der Waals surface area (Å²) in [6, 6.07) is 0. The van der Waals surface area contributed by atoms with Crippen LogP contribution < -0.4 is 0 Å². The van der Waals surface area contributed by atoms with E-state index < -0.39 is 6.29 Å². The van der Waals surface area contributed by atoms with Gasteiger partial charge in [0.1, 0.15) is 0 Å². The molecular formula is C20H30O3. The van der Waals surface area contributed by atoms with Crippen LogP contribution in [-0.2, 0) is 9.53 Å². The van der Waals surface area contributed by atoms with Gasteiger partial charge < -0.3 is 9.84 Å². The van der Waals surface area contributed by atoms with Crippen molar-refractivity contribution in [1.29, 1.82) is 0 Å². The zero-order valence-corrected chi connectivity index (χ0v) is 14.7. The van der Waals surface area contributed by atoms with Crippen LogP contribution in [0.3, 0.4) is 0 Å². The monoisotopic (exact) mass is 318 g/mol. The molecule has 0 radical (unpaired) electrons. The molecule has 0 bridgehead atoms. The number of carbonyl (C=O) groups is 1. The number of fused-ring (bicyclic) bond motifs is 1. The van der Waals surface area contributed by atoms with E-state index in [-0.39, 0.29) is 11.4 Å². The Kier molecular flexibility index (Phi) is 4.20. The Hall–Kier alpha value is -1.09. The number of carbonyl (C=O) groups excluding carboxylic acids is 1. The minimum absolute atomic E-state index is 0.273. The predicted molar refractivity (Wildman–Crippen MR) is 90.5 cm³/mol. The molecular weight excluding hydrogens is 288 g/mol. The smallest absolute Gasteiger partial charge is 0.336 e. The zero-order valence-electron chi connectivity index (χ0n) is 14.7. The second-order valence-corrected chi connectivity index (χ2v) is 8.68. The largest absolute Gasteiger partial charge is 0.432 e. The Morgan fingerprint density at radius 2 is 2.09 bits per heavy atom. The van der Waals surface area contributed by atoms with Crippen molar-refractivity contribution < 1.29 is 14.6 Å². The van der Waals surface area contributed by atoms with Gasteiger partial charge in [-0.1, -0.05) is 45.4 Å². The number of cyclic esters (lactones) is 1. The summed E-state index contributed by atoms with van der Waals surface area (Å²) < 4.78 is 4.83. The molecule has 0 aromatic heterocycles. The molecule has 3 nitrogen and oxygen atoms in total. The summed E-state index contributed by atoms with van der Waals surface area (Å²) in [6.45, 7) is 11.6. The standard InChI is InChI=1S/C20H30O3/c1-13-6-9-16-19(2,3)10-5-11-20(16,4)15(13)8-7-14-12-17(21)23-18(14)22/h7,15-17,21H,1,5-6,8-12H2,2-4H3/b14-7+/t15-,16+,17-,20+/m1/s1. The van der Waals surface area contributed by atoms with Gasteiger partial charge in [-0.15, -0.1) is 0 Å². The van der Waals surface area contributed by atoms with Gasteiger partial charge in [-0.2, -0.15) is 0 Å². The lowest BCUT2D eigenvalue weighted by Crippen LogP contribution is -2.49. The molecule has 1 heterocycles. The maximum absolute atomic E-state index is 11.7. The lowest BCUT2D eigenvalue weighted by Gasteiger charge is -2.58. The van der Waals surface area contributed by atoms with Gasteiger partial charge in [0, 0.05) is 12.0 Å². The van der Waals surface area contributed by atoms with Crippen LogP contribution in [0.25, 0.3) is 0 Å². The highest BCUT2D eigenvalue weighted by Crippen LogP contribution is 2.61. The van der Waals surface area contributed by atoms with Crippen molar-refractivity contribution in [1.82, 2.24) is 0 Å². The highest BCUT2D eigenvalue weighted by Gasteiger charge is 2.52. The Morgan fingerprint density at radius 1 is 1.35 bits per heavy atom. The minimum Gasteiger partial charge on any atom is -0.432 e. The first-order valence-electron chi connectivity index (χ1n) is 9.00. The van der Waals surface area contributed by atoms with Crippen molar-refractivity contribution in [3.63, 3.8) is 0 Å². The van der Waals surface area contributed by atoms with Gasteiger partial charge in [-0.05, 0) is 54.8 Å². The summed E-state index contributed by atoms with van der Waals surface area (Å²) in [4.78, 5) is 11.7. The first-order valence-corrected chi connectivity index (χ1v) is 9.00. The van der Waals surface area contributed by atoms with Crippen molar-refractivity contribution in [3.8, 4) is 0 Å². The van der Waals surface area contributed by atoms with E-state index in [2.05, 4.69) is 27.4 Å². The molecule has 0 unspecified atom stereocenters. The molecule has 2 saturated carbocycles. The van der Waals surface area contributed by atoms with Gasteiger partial charge in [0.15, 0.2) is 0 Å². The van der Waals surface area contributed by atoms with Crippen molar-refractivity contribution in [3.05, 3.63) is 23.8 Å². The van der Waals surface area contributed by atoms with Crippen molar-refractivity contribution in [2.75, 3.05) is 0 Å². The normalized spacial score (nSPS) is 41.7. The van der Waals surface area contributed by atoms with E-state index in [1.54, 1.807) is 0 Å². The van der Waals surface area contributed by atoms with E-state index in [4.69, 9.17) is 4.74 Å². The fraction of sp³-hybridized carbons (Fsp3) is 0.750. The van der Waals surface area contributed by atoms with Gasteiger partial charge in [0.05, 0.1) is 0 Å². The summed E-state index contributed by atoms with van der Waals surface area (Å²) in [5, 5.41) is 9.46. The fourth-order valence-corrected chi connectivity index (χ4v) is 5.65. The summed E-state index contributed by atoms with van der Waals surface area (Å²) in [6.07, 6.45) is 8.40. The van der Waals surface area contributed by atoms with E-state index in [1.165, 1.54) is 31.3 Å². The number of allylic oxidation sites excluding steroid dienone is 2. The average molecular weight is 318 g/mol. The summed E-state index contributed by atoms with van der Waals surface area (Å²) >= 11 is 0. The second kappa shape index (κ2) is 5.77. The minimum atomic E-state index is -0.958.